The van der Waals surface area contributed by atoms with E-state index in [0.29, 0.717) is 11.5 Å². The Kier molecular flexibility index (Phi) is 3.68. The highest BCUT2D eigenvalue weighted by Crippen LogP contribution is 2.28. The van der Waals surface area contributed by atoms with Gasteiger partial charge < -0.3 is 14.8 Å². The maximum atomic E-state index is 11.1. The molecule has 0 bridgehead atoms. The molecule has 1 aliphatic carbocycles. The summed E-state index contributed by atoms with van der Waals surface area (Å²) in [5.41, 5.74) is 2.02. The Morgan fingerprint density at radius 3 is 2.71 bits per heavy atom. The van der Waals surface area contributed by atoms with Gasteiger partial charge in [0.05, 0.1) is 22.7 Å². The van der Waals surface area contributed by atoms with Crippen molar-refractivity contribution in [3.63, 3.8) is 0 Å². The van der Waals surface area contributed by atoms with Crippen molar-refractivity contribution < 1.29 is 15.0 Å². The first-order valence-corrected chi connectivity index (χ1v) is 7.43. The molecule has 0 radical (unpaired) electrons. The largest absolute Gasteiger partial charge is 0.478 e. The third kappa shape index (κ3) is 2.78. The standard InChI is InChI=1S/C16H20N2O3/c1-10-17-14-7-4-12(16(20)21)8-15(14)18(10)9-11-2-5-13(19)6-3-11/h4,7-8,11,13,19H,2-3,5-6,9H2,1H3,(H,20,21). The van der Waals surface area contributed by atoms with E-state index in [1.54, 1.807) is 18.2 Å². The van der Waals surface area contributed by atoms with Crippen molar-refractivity contribution in [3.05, 3.63) is 29.6 Å². The number of aliphatic hydroxyl groups excluding tert-OH is 1. The zero-order valence-electron chi connectivity index (χ0n) is 12.1. The molecule has 0 saturated heterocycles. The van der Waals surface area contributed by atoms with Gasteiger partial charge in [0, 0.05) is 6.54 Å². The lowest BCUT2D eigenvalue weighted by Crippen LogP contribution is -2.22. The van der Waals surface area contributed by atoms with Crippen LogP contribution in [0.15, 0.2) is 18.2 Å². The predicted octanol–water partition coefficient (Wildman–Crippen LogP) is 2.59. The number of carbonyl (C=O) groups is 1. The van der Waals surface area contributed by atoms with E-state index in [0.717, 1.165) is 49.1 Å². The average Bonchev–Trinajstić information content (AvgIpc) is 2.77. The molecule has 5 heteroatoms. The van der Waals surface area contributed by atoms with E-state index in [1.165, 1.54) is 0 Å². The first-order chi connectivity index (χ1) is 10.0. The van der Waals surface area contributed by atoms with E-state index in [4.69, 9.17) is 5.11 Å². The van der Waals surface area contributed by atoms with E-state index in [-0.39, 0.29) is 6.10 Å². The Balaban J connectivity index is 1.91. The SMILES string of the molecule is Cc1nc2ccc(C(=O)O)cc2n1CC1CCC(O)CC1. The van der Waals surface area contributed by atoms with Gasteiger partial charge in [0.1, 0.15) is 5.82 Å². The van der Waals surface area contributed by atoms with Crippen LogP contribution in [0.2, 0.25) is 0 Å². The Morgan fingerprint density at radius 1 is 1.33 bits per heavy atom. The molecule has 2 aromatic rings. The summed E-state index contributed by atoms with van der Waals surface area (Å²) in [4.78, 5) is 15.6. The molecule has 0 atom stereocenters. The molecule has 0 aliphatic heterocycles. The fourth-order valence-electron chi connectivity index (χ4n) is 3.19. The summed E-state index contributed by atoms with van der Waals surface area (Å²) < 4.78 is 2.12. The van der Waals surface area contributed by atoms with E-state index >= 15 is 0 Å². The van der Waals surface area contributed by atoms with Crippen LogP contribution in [0.3, 0.4) is 0 Å². The van der Waals surface area contributed by atoms with Crippen LogP contribution in [0.25, 0.3) is 11.0 Å². The summed E-state index contributed by atoms with van der Waals surface area (Å²) in [5, 5.41) is 18.7. The fourth-order valence-corrected chi connectivity index (χ4v) is 3.19. The number of aromatic nitrogens is 2. The van der Waals surface area contributed by atoms with Crippen molar-refractivity contribution in [2.45, 2.75) is 45.3 Å². The molecule has 1 aromatic carbocycles. The molecule has 3 rings (SSSR count). The molecule has 1 aliphatic rings. The number of nitrogens with zero attached hydrogens (tertiary/aromatic N) is 2. The number of hydrogen-bond donors (Lipinski definition) is 2. The van der Waals surface area contributed by atoms with Crippen LogP contribution in [0.4, 0.5) is 0 Å². The second-order valence-corrected chi connectivity index (χ2v) is 5.95. The van der Waals surface area contributed by atoms with E-state index in [2.05, 4.69) is 9.55 Å². The highest BCUT2D eigenvalue weighted by Gasteiger charge is 2.21. The van der Waals surface area contributed by atoms with Crippen molar-refractivity contribution in [2.75, 3.05) is 0 Å². The van der Waals surface area contributed by atoms with Gasteiger partial charge in [-0.25, -0.2) is 9.78 Å². The monoisotopic (exact) mass is 288 g/mol. The second kappa shape index (κ2) is 5.48. The van der Waals surface area contributed by atoms with E-state index in [1.807, 2.05) is 6.92 Å². The minimum atomic E-state index is -0.914. The second-order valence-electron chi connectivity index (χ2n) is 5.95. The number of carboxylic acids is 1. The van der Waals surface area contributed by atoms with Crippen LogP contribution in [0, 0.1) is 12.8 Å². The third-order valence-electron chi connectivity index (χ3n) is 4.44. The number of carboxylic acid groups (broad SMARTS) is 1. The van der Waals surface area contributed by atoms with Gasteiger partial charge in [0.15, 0.2) is 0 Å². The average molecular weight is 288 g/mol. The van der Waals surface area contributed by atoms with Crippen molar-refractivity contribution in [1.29, 1.82) is 0 Å². The van der Waals surface area contributed by atoms with Gasteiger partial charge in [-0.1, -0.05) is 0 Å². The minimum Gasteiger partial charge on any atom is -0.478 e. The number of fused-ring (bicyclic) bond motifs is 1. The van der Waals surface area contributed by atoms with Crippen LogP contribution in [0.5, 0.6) is 0 Å². The van der Waals surface area contributed by atoms with Crippen LogP contribution < -0.4 is 0 Å². The molecule has 112 valence electrons. The number of hydrogen-bond acceptors (Lipinski definition) is 3. The fraction of sp³-hybridized carbons (Fsp3) is 0.500. The topological polar surface area (TPSA) is 75.3 Å². The molecule has 1 aromatic heterocycles. The zero-order valence-corrected chi connectivity index (χ0v) is 12.1. The van der Waals surface area contributed by atoms with Crippen LogP contribution in [-0.2, 0) is 6.54 Å². The molecule has 1 heterocycles. The van der Waals surface area contributed by atoms with Crippen molar-refractivity contribution >= 4 is 17.0 Å². The molecule has 2 N–H and O–H groups in total. The van der Waals surface area contributed by atoms with Crippen LogP contribution in [0.1, 0.15) is 41.9 Å². The number of aliphatic hydroxyl groups is 1. The minimum absolute atomic E-state index is 0.152. The van der Waals surface area contributed by atoms with Crippen molar-refractivity contribution in [3.8, 4) is 0 Å². The summed E-state index contributed by atoms with van der Waals surface area (Å²) in [6, 6.07) is 5.07. The number of imidazole rings is 1. The molecule has 0 unspecified atom stereocenters. The molecule has 21 heavy (non-hydrogen) atoms. The first-order valence-electron chi connectivity index (χ1n) is 7.43. The summed E-state index contributed by atoms with van der Waals surface area (Å²) in [6.07, 6.45) is 3.59. The summed E-state index contributed by atoms with van der Waals surface area (Å²) in [7, 11) is 0. The Bertz CT molecular complexity index is 669. The van der Waals surface area contributed by atoms with Gasteiger partial charge in [-0.3, -0.25) is 0 Å². The highest BCUT2D eigenvalue weighted by atomic mass is 16.4. The number of rotatable bonds is 3. The zero-order chi connectivity index (χ0) is 15.0. The normalized spacial score (nSPS) is 22.6. The van der Waals surface area contributed by atoms with Gasteiger partial charge in [-0.05, 0) is 56.7 Å². The Morgan fingerprint density at radius 2 is 2.05 bits per heavy atom. The summed E-state index contributed by atoms with van der Waals surface area (Å²) in [6.45, 7) is 2.80. The third-order valence-corrected chi connectivity index (χ3v) is 4.44. The molecular weight excluding hydrogens is 268 g/mol. The maximum absolute atomic E-state index is 11.1. The summed E-state index contributed by atoms with van der Waals surface area (Å²) >= 11 is 0. The molecule has 1 fully saturated rings. The maximum Gasteiger partial charge on any atom is 0.335 e. The van der Waals surface area contributed by atoms with E-state index in [9.17, 15) is 9.90 Å². The van der Waals surface area contributed by atoms with Gasteiger partial charge in [0.25, 0.3) is 0 Å². The van der Waals surface area contributed by atoms with Gasteiger partial charge in [0.2, 0.25) is 0 Å². The van der Waals surface area contributed by atoms with Crippen molar-refractivity contribution in [2.24, 2.45) is 5.92 Å². The lowest BCUT2D eigenvalue weighted by molar-refractivity contribution is 0.0697. The number of aryl methyl sites for hydroxylation is 1. The molecule has 1 saturated carbocycles. The Labute approximate surface area is 123 Å². The van der Waals surface area contributed by atoms with Crippen molar-refractivity contribution in [1.82, 2.24) is 9.55 Å². The van der Waals surface area contributed by atoms with Gasteiger partial charge >= 0.3 is 5.97 Å². The van der Waals surface area contributed by atoms with Crippen LogP contribution >= 0.6 is 0 Å². The van der Waals surface area contributed by atoms with Gasteiger partial charge in [-0.15, -0.1) is 0 Å². The molecule has 5 nitrogen and oxygen atoms in total. The lowest BCUT2D eigenvalue weighted by Gasteiger charge is -2.26. The number of aromatic carboxylic acids is 1. The smallest absolute Gasteiger partial charge is 0.335 e. The lowest BCUT2D eigenvalue weighted by atomic mass is 9.87. The molecule has 0 amide bonds. The van der Waals surface area contributed by atoms with E-state index < -0.39 is 5.97 Å². The highest BCUT2D eigenvalue weighted by molar-refractivity contribution is 5.92. The quantitative estimate of drug-likeness (QED) is 0.910. The molecule has 0 spiro atoms. The first kappa shape index (κ1) is 14.1. The van der Waals surface area contributed by atoms with Crippen LogP contribution in [-0.4, -0.2) is 31.8 Å². The summed E-state index contributed by atoms with van der Waals surface area (Å²) in [5.74, 6) is 0.528. The predicted molar refractivity (Wildman–Crippen MR) is 79.4 cm³/mol. The molecular formula is C16H20N2O3. The number of benzene rings is 1. The Hall–Kier alpha value is -1.88. The van der Waals surface area contributed by atoms with Gasteiger partial charge in [-0.2, -0.15) is 0 Å².